The van der Waals surface area contributed by atoms with Gasteiger partial charge in [-0.2, -0.15) is 0 Å². The molecule has 0 fully saturated rings. The summed E-state index contributed by atoms with van der Waals surface area (Å²) in [4.78, 5) is 24.3. The van der Waals surface area contributed by atoms with Gasteiger partial charge in [0, 0.05) is 11.6 Å². The topological polar surface area (TPSA) is 78.4 Å². The van der Waals surface area contributed by atoms with Gasteiger partial charge in [-0.05, 0) is 30.5 Å². The Morgan fingerprint density at radius 2 is 1.95 bits per heavy atom. The quantitative estimate of drug-likeness (QED) is 0.708. The summed E-state index contributed by atoms with van der Waals surface area (Å²) in [7, 11) is 0. The number of hydrogen-bond donors (Lipinski definition) is 3. The zero-order valence-corrected chi connectivity index (χ0v) is 14.0. The number of carbonyl (C=O) groups is 2. The van der Waals surface area contributed by atoms with Crippen LogP contribution in [-0.4, -0.2) is 36.1 Å². The fourth-order valence-corrected chi connectivity index (χ4v) is 2.41. The molecule has 0 unspecified atom stereocenters. The molecule has 1 aromatic carbocycles. The van der Waals surface area contributed by atoms with Gasteiger partial charge in [-0.3, -0.25) is 9.59 Å². The Labute approximate surface area is 140 Å². The van der Waals surface area contributed by atoms with Gasteiger partial charge < -0.3 is 15.7 Å². The fraction of sp³-hybridized carbons (Fsp3) is 0.467. The van der Waals surface area contributed by atoms with Gasteiger partial charge in [-0.25, -0.2) is 0 Å². The SMILES string of the molecule is CC(C)C[C@@H](NC(=O)c1ccc(Cl)cc1Cl)C(=O)NCCO. The summed E-state index contributed by atoms with van der Waals surface area (Å²) in [5, 5.41) is 14.7. The molecule has 0 aliphatic heterocycles. The van der Waals surface area contributed by atoms with Crippen LogP contribution in [-0.2, 0) is 4.79 Å². The monoisotopic (exact) mass is 346 g/mol. The van der Waals surface area contributed by atoms with E-state index in [1.54, 1.807) is 6.07 Å². The van der Waals surface area contributed by atoms with E-state index in [0.29, 0.717) is 11.4 Å². The minimum Gasteiger partial charge on any atom is -0.395 e. The molecule has 22 heavy (non-hydrogen) atoms. The number of benzene rings is 1. The lowest BCUT2D eigenvalue weighted by Gasteiger charge is -2.20. The zero-order valence-electron chi connectivity index (χ0n) is 12.5. The van der Waals surface area contributed by atoms with Crippen molar-refractivity contribution in [2.24, 2.45) is 5.92 Å². The third-order valence-electron chi connectivity index (χ3n) is 2.92. The average molecular weight is 347 g/mol. The maximum absolute atomic E-state index is 12.3. The molecule has 3 N–H and O–H groups in total. The number of rotatable bonds is 7. The lowest BCUT2D eigenvalue weighted by atomic mass is 10.0. The molecule has 7 heteroatoms. The van der Waals surface area contributed by atoms with Crippen LogP contribution in [0.25, 0.3) is 0 Å². The van der Waals surface area contributed by atoms with E-state index in [1.165, 1.54) is 12.1 Å². The van der Waals surface area contributed by atoms with Gasteiger partial charge >= 0.3 is 0 Å². The summed E-state index contributed by atoms with van der Waals surface area (Å²) >= 11 is 11.8. The van der Waals surface area contributed by atoms with E-state index in [2.05, 4.69) is 10.6 Å². The van der Waals surface area contributed by atoms with Gasteiger partial charge in [0.2, 0.25) is 5.91 Å². The highest BCUT2D eigenvalue weighted by Gasteiger charge is 2.23. The van der Waals surface area contributed by atoms with Crippen molar-refractivity contribution in [3.05, 3.63) is 33.8 Å². The van der Waals surface area contributed by atoms with Crippen molar-refractivity contribution in [2.45, 2.75) is 26.3 Å². The number of nitrogens with one attached hydrogen (secondary N) is 2. The number of carbonyl (C=O) groups excluding carboxylic acids is 2. The molecule has 1 rings (SSSR count). The second-order valence-corrected chi connectivity index (χ2v) is 6.14. The van der Waals surface area contributed by atoms with E-state index in [0.717, 1.165) is 0 Å². The summed E-state index contributed by atoms with van der Waals surface area (Å²) in [5.41, 5.74) is 0.259. The van der Waals surface area contributed by atoms with Gasteiger partial charge in [0.05, 0.1) is 17.2 Å². The predicted octanol–water partition coefficient (Wildman–Crippen LogP) is 2.25. The molecule has 0 radical (unpaired) electrons. The van der Waals surface area contributed by atoms with E-state index >= 15 is 0 Å². The zero-order chi connectivity index (χ0) is 16.7. The molecule has 0 bridgehead atoms. The molecule has 0 aliphatic rings. The van der Waals surface area contributed by atoms with Crippen LogP contribution >= 0.6 is 23.2 Å². The van der Waals surface area contributed by atoms with E-state index < -0.39 is 11.9 Å². The summed E-state index contributed by atoms with van der Waals surface area (Å²) in [6.45, 7) is 3.89. The highest BCUT2D eigenvalue weighted by atomic mass is 35.5. The van der Waals surface area contributed by atoms with Gasteiger partial charge in [0.15, 0.2) is 0 Å². The molecule has 0 saturated carbocycles. The molecule has 2 amide bonds. The van der Waals surface area contributed by atoms with Gasteiger partial charge in [0.25, 0.3) is 5.91 Å². The van der Waals surface area contributed by atoms with E-state index in [4.69, 9.17) is 28.3 Å². The third-order valence-corrected chi connectivity index (χ3v) is 3.46. The Hall–Kier alpha value is -1.30. The Morgan fingerprint density at radius 3 is 2.50 bits per heavy atom. The molecular weight excluding hydrogens is 327 g/mol. The van der Waals surface area contributed by atoms with Crippen molar-refractivity contribution in [1.29, 1.82) is 0 Å². The van der Waals surface area contributed by atoms with Crippen LogP contribution in [0.2, 0.25) is 10.0 Å². The largest absolute Gasteiger partial charge is 0.395 e. The molecule has 0 aromatic heterocycles. The predicted molar refractivity (Wildman–Crippen MR) is 87.3 cm³/mol. The highest BCUT2D eigenvalue weighted by Crippen LogP contribution is 2.21. The standard InChI is InChI=1S/C15H20Cl2N2O3/c1-9(2)7-13(15(22)18-5-6-20)19-14(21)11-4-3-10(16)8-12(11)17/h3-4,8-9,13,20H,5-7H2,1-2H3,(H,18,22)(H,19,21)/t13-/m1/s1. The molecule has 122 valence electrons. The van der Waals surface area contributed by atoms with E-state index in [-0.39, 0.29) is 35.6 Å². The van der Waals surface area contributed by atoms with E-state index in [1.807, 2.05) is 13.8 Å². The first-order valence-electron chi connectivity index (χ1n) is 6.99. The maximum atomic E-state index is 12.3. The molecule has 0 heterocycles. The third kappa shape index (κ3) is 5.83. The Bertz CT molecular complexity index is 536. The normalized spacial score (nSPS) is 12.1. The summed E-state index contributed by atoms with van der Waals surface area (Å²) in [6, 6.07) is 3.86. The molecular formula is C15H20Cl2N2O3. The van der Waals surface area contributed by atoms with Crippen molar-refractivity contribution in [2.75, 3.05) is 13.2 Å². The Balaban J connectivity index is 2.83. The number of hydrogen-bond acceptors (Lipinski definition) is 3. The molecule has 0 aliphatic carbocycles. The van der Waals surface area contributed by atoms with Crippen molar-refractivity contribution < 1.29 is 14.7 Å². The highest BCUT2D eigenvalue weighted by molar-refractivity contribution is 6.36. The Kier molecular flexibility index (Phi) is 7.65. The second-order valence-electron chi connectivity index (χ2n) is 5.29. The lowest BCUT2D eigenvalue weighted by Crippen LogP contribution is -2.48. The molecule has 1 atom stereocenters. The molecule has 1 aromatic rings. The Morgan fingerprint density at radius 1 is 1.27 bits per heavy atom. The molecule has 0 spiro atoms. The van der Waals surface area contributed by atoms with Gasteiger partial charge in [-0.15, -0.1) is 0 Å². The van der Waals surface area contributed by atoms with Crippen LogP contribution in [0.3, 0.4) is 0 Å². The van der Waals surface area contributed by atoms with Crippen molar-refractivity contribution in [1.82, 2.24) is 10.6 Å². The number of halogens is 2. The first kappa shape index (κ1) is 18.7. The van der Waals surface area contributed by atoms with Crippen LogP contribution in [0.15, 0.2) is 18.2 Å². The maximum Gasteiger partial charge on any atom is 0.253 e. The second kappa shape index (κ2) is 8.98. The first-order valence-corrected chi connectivity index (χ1v) is 7.75. The first-order chi connectivity index (χ1) is 10.3. The number of aliphatic hydroxyl groups excluding tert-OH is 1. The van der Waals surface area contributed by atoms with Crippen LogP contribution in [0.5, 0.6) is 0 Å². The lowest BCUT2D eigenvalue weighted by molar-refractivity contribution is -0.123. The van der Waals surface area contributed by atoms with Crippen LogP contribution in [0.1, 0.15) is 30.6 Å². The van der Waals surface area contributed by atoms with Crippen molar-refractivity contribution >= 4 is 35.0 Å². The number of amides is 2. The minimum atomic E-state index is -0.689. The van der Waals surface area contributed by atoms with Crippen LogP contribution < -0.4 is 10.6 Å². The summed E-state index contributed by atoms with van der Waals surface area (Å²) < 4.78 is 0. The van der Waals surface area contributed by atoms with Crippen LogP contribution in [0.4, 0.5) is 0 Å². The van der Waals surface area contributed by atoms with Crippen LogP contribution in [0, 0.1) is 5.92 Å². The van der Waals surface area contributed by atoms with Crippen molar-refractivity contribution in [3.63, 3.8) is 0 Å². The van der Waals surface area contributed by atoms with Gasteiger partial charge in [0.1, 0.15) is 6.04 Å². The van der Waals surface area contributed by atoms with E-state index in [9.17, 15) is 9.59 Å². The minimum absolute atomic E-state index is 0.144. The molecule has 0 saturated heterocycles. The fourth-order valence-electron chi connectivity index (χ4n) is 1.91. The van der Waals surface area contributed by atoms with Crippen molar-refractivity contribution in [3.8, 4) is 0 Å². The molecule has 5 nitrogen and oxygen atoms in total. The summed E-state index contributed by atoms with van der Waals surface area (Å²) in [6.07, 6.45) is 0.480. The smallest absolute Gasteiger partial charge is 0.253 e. The average Bonchev–Trinajstić information content (AvgIpc) is 2.43. The van der Waals surface area contributed by atoms with Gasteiger partial charge in [-0.1, -0.05) is 37.0 Å². The summed E-state index contributed by atoms with van der Waals surface area (Å²) in [5.74, 6) is -0.557. The number of aliphatic hydroxyl groups is 1.